The summed E-state index contributed by atoms with van der Waals surface area (Å²) in [7, 11) is 0. The fraction of sp³-hybridized carbons (Fsp3) is 0.345. The molecule has 7 nitrogen and oxygen atoms in total. The van der Waals surface area contributed by atoms with Crippen LogP contribution in [0.4, 0.5) is 11.5 Å². The standard InChI is InChI=1S/C29H34N4O3/c1-3-23-8-6-7-20(2)27(23)28(34)32-25(29(35)36)17-21-10-12-24(13-11-21)33-16-14-22(19-33)18-31-26-9-4-5-15-30-26/h4-13,15,22,25H,3,14,16-19H2,1-2H3,(H,30,31)(H,32,34)(H,35,36). The summed E-state index contributed by atoms with van der Waals surface area (Å²) in [6, 6.07) is 18.6. The molecule has 1 amide bonds. The molecule has 0 spiro atoms. The molecule has 2 heterocycles. The molecule has 7 heteroatoms. The summed E-state index contributed by atoms with van der Waals surface area (Å²) in [6.07, 6.45) is 3.83. The van der Waals surface area contributed by atoms with Crippen molar-refractivity contribution in [1.29, 1.82) is 0 Å². The van der Waals surface area contributed by atoms with Gasteiger partial charge >= 0.3 is 5.97 Å². The van der Waals surface area contributed by atoms with Crippen molar-refractivity contribution in [3.8, 4) is 0 Å². The van der Waals surface area contributed by atoms with E-state index >= 15 is 0 Å². The van der Waals surface area contributed by atoms with E-state index in [-0.39, 0.29) is 12.3 Å². The number of anilines is 2. The van der Waals surface area contributed by atoms with Crippen LogP contribution in [0.25, 0.3) is 0 Å². The lowest BCUT2D eigenvalue weighted by Gasteiger charge is -2.20. The topological polar surface area (TPSA) is 94.6 Å². The van der Waals surface area contributed by atoms with Crippen molar-refractivity contribution in [2.75, 3.05) is 29.9 Å². The van der Waals surface area contributed by atoms with E-state index in [1.54, 1.807) is 6.20 Å². The summed E-state index contributed by atoms with van der Waals surface area (Å²) < 4.78 is 0. The fourth-order valence-corrected chi connectivity index (χ4v) is 4.81. The summed E-state index contributed by atoms with van der Waals surface area (Å²) in [5.41, 5.74) is 4.34. The largest absolute Gasteiger partial charge is 0.480 e. The van der Waals surface area contributed by atoms with Crippen LogP contribution in [0.5, 0.6) is 0 Å². The number of nitrogens with one attached hydrogen (secondary N) is 2. The Morgan fingerprint density at radius 3 is 2.61 bits per heavy atom. The number of carbonyl (C=O) groups is 2. The maximum atomic E-state index is 13.0. The van der Waals surface area contributed by atoms with E-state index in [0.29, 0.717) is 17.9 Å². The highest BCUT2D eigenvalue weighted by molar-refractivity contribution is 5.99. The molecule has 2 unspecified atom stereocenters. The first-order chi connectivity index (χ1) is 17.4. The van der Waals surface area contributed by atoms with Crippen molar-refractivity contribution in [3.63, 3.8) is 0 Å². The van der Waals surface area contributed by atoms with Crippen LogP contribution in [0.1, 0.15) is 40.4 Å². The van der Waals surface area contributed by atoms with E-state index in [2.05, 4.69) is 20.5 Å². The molecule has 1 aliphatic rings. The van der Waals surface area contributed by atoms with Gasteiger partial charge in [-0.05, 0) is 66.6 Å². The van der Waals surface area contributed by atoms with Crippen LogP contribution >= 0.6 is 0 Å². The highest BCUT2D eigenvalue weighted by Crippen LogP contribution is 2.25. The molecular weight excluding hydrogens is 452 g/mol. The third-order valence-corrected chi connectivity index (χ3v) is 6.83. The van der Waals surface area contributed by atoms with Gasteiger partial charge in [-0.2, -0.15) is 0 Å². The van der Waals surface area contributed by atoms with Gasteiger partial charge in [0.05, 0.1) is 0 Å². The minimum atomic E-state index is -1.04. The Morgan fingerprint density at radius 1 is 1.11 bits per heavy atom. The van der Waals surface area contributed by atoms with Crippen LogP contribution in [0, 0.1) is 12.8 Å². The van der Waals surface area contributed by atoms with Gasteiger partial charge < -0.3 is 20.6 Å². The van der Waals surface area contributed by atoms with Crippen molar-refractivity contribution in [1.82, 2.24) is 10.3 Å². The van der Waals surface area contributed by atoms with Gasteiger partial charge in [-0.1, -0.05) is 43.3 Å². The Bertz CT molecular complexity index is 1180. The van der Waals surface area contributed by atoms with Crippen LogP contribution in [-0.4, -0.2) is 47.6 Å². The Hall–Kier alpha value is -3.87. The maximum Gasteiger partial charge on any atom is 0.326 e. The highest BCUT2D eigenvalue weighted by atomic mass is 16.4. The molecule has 36 heavy (non-hydrogen) atoms. The van der Waals surface area contributed by atoms with Crippen molar-refractivity contribution in [2.24, 2.45) is 5.92 Å². The van der Waals surface area contributed by atoms with E-state index in [0.717, 1.165) is 54.3 Å². The summed E-state index contributed by atoms with van der Waals surface area (Å²) in [5.74, 6) is 0.0553. The predicted octanol–water partition coefficient (Wildman–Crippen LogP) is 4.32. The van der Waals surface area contributed by atoms with Gasteiger partial charge in [-0.3, -0.25) is 4.79 Å². The smallest absolute Gasteiger partial charge is 0.326 e. The van der Waals surface area contributed by atoms with Crippen LogP contribution in [0.2, 0.25) is 0 Å². The maximum absolute atomic E-state index is 13.0. The first-order valence-corrected chi connectivity index (χ1v) is 12.6. The number of hydrogen-bond donors (Lipinski definition) is 3. The molecule has 4 rings (SSSR count). The molecule has 1 saturated heterocycles. The number of nitrogens with zero attached hydrogens (tertiary/aromatic N) is 2. The first kappa shape index (κ1) is 25.2. The normalized spacial score (nSPS) is 15.9. The van der Waals surface area contributed by atoms with E-state index in [1.807, 2.05) is 74.5 Å². The monoisotopic (exact) mass is 486 g/mol. The van der Waals surface area contributed by atoms with Gasteiger partial charge in [0.1, 0.15) is 11.9 Å². The highest BCUT2D eigenvalue weighted by Gasteiger charge is 2.25. The molecule has 0 radical (unpaired) electrons. The SMILES string of the molecule is CCc1cccc(C)c1C(=O)NC(Cc1ccc(N2CCC(CNc3ccccn3)C2)cc1)C(=O)O. The van der Waals surface area contributed by atoms with Gasteiger partial charge in [-0.15, -0.1) is 0 Å². The summed E-state index contributed by atoms with van der Waals surface area (Å²) in [4.78, 5) is 31.6. The predicted molar refractivity (Wildman–Crippen MR) is 143 cm³/mol. The zero-order valence-electron chi connectivity index (χ0n) is 20.9. The van der Waals surface area contributed by atoms with Crippen molar-refractivity contribution < 1.29 is 14.7 Å². The third kappa shape index (κ3) is 6.22. The molecular formula is C29H34N4O3. The first-order valence-electron chi connectivity index (χ1n) is 12.6. The second-order valence-corrected chi connectivity index (χ2v) is 9.39. The third-order valence-electron chi connectivity index (χ3n) is 6.83. The number of carboxylic acid groups (broad SMARTS) is 1. The number of aromatic nitrogens is 1. The number of aliphatic carboxylic acids is 1. The van der Waals surface area contributed by atoms with Gasteiger partial charge in [0.2, 0.25) is 0 Å². The van der Waals surface area contributed by atoms with Gasteiger partial charge in [0.25, 0.3) is 5.91 Å². The van der Waals surface area contributed by atoms with Crippen molar-refractivity contribution in [3.05, 3.63) is 89.1 Å². The minimum absolute atomic E-state index is 0.227. The minimum Gasteiger partial charge on any atom is -0.480 e. The molecule has 2 atom stereocenters. The summed E-state index contributed by atoms with van der Waals surface area (Å²) >= 11 is 0. The molecule has 2 aromatic carbocycles. The van der Waals surface area contributed by atoms with Gasteiger partial charge in [-0.25, -0.2) is 9.78 Å². The number of hydrogen-bond acceptors (Lipinski definition) is 5. The number of pyridine rings is 1. The van der Waals surface area contributed by atoms with E-state index in [9.17, 15) is 14.7 Å². The van der Waals surface area contributed by atoms with Gasteiger partial charge in [0.15, 0.2) is 0 Å². The average Bonchev–Trinajstić information content (AvgIpc) is 3.37. The summed E-state index contributed by atoms with van der Waals surface area (Å²) in [6.45, 7) is 6.69. The van der Waals surface area contributed by atoms with Gasteiger partial charge in [0, 0.05) is 43.5 Å². The number of rotatable bonds is 10. The van der Waals surface area contributed by atoms with E-state index in [1.165, 1.54) is 0 Å². The van der Waals surface area contributed by atoms with Crippen LogP contribution in [0.3, 0.4) is 0 Å². The molecule has 3 N–H and O–H groups in total. The zero-order valence-corrected chi connectivity index (χ0v) is 20.9. The Labute approximate surface area is 212 Å². The molecule has 0 aliphatic carbocycles. The number of benzene rings is 2. The lowest BCUT2D eigenvalue weighted by Crippen LogP contribution is -2.42. The average molecular weight is 487 g/mol. The molecule has 1 aliphatic heterocycles. The Balaban J connectivity index is 1.34. The van der Waals surface area contributed by atoms with Crippen LogP contribution in [0.15, 0.2) is 66.9 Å². The number of carbonyl (C=O) groups excluding carboxylic acids is 1. The molecule has 1 fully saturated rings. The molecule has 3 aromatic rings. The quantitative estimate of drug-likeness (QED) is 0.395. The molecule has 188 valence electrons. The van der Waals surface area contributed by atoms with Crippen LogP contribution < -0.4 is 15.5 Å². The van der Waals surface area contributed by atoms with E-state index in [4.69, 9.17) is 0 Å². The zero-order chi connectivity index (χ0) is 25.5. The van der Waals surface area contributed by atoms with Crippen molar-refractivity contribution >= 4 is 23.4 Å². The Kier molecular flexibility index (Phi) is 8.21. The lowest BCUT2D eigenvalue weighted by molar-refractivity contribution is -0.139. The number of aryl methyl sites for hydroxylation is 2. The summed E-state index contributed by atoms with van der Waals surface area (Å²) in [5, 5.41) is 15.9. The van der Waals surface area contributed by atoms with E-state index < -0.39 is 12.0 Å². The second-order valence-electron chi connectivity index (χ2n) is 9.39. The lowest BCUT2D eigenvalue weighted by atomic mass is 9.98. The second kappa shape index (κ2) is 11.7. The molecule has 0 saturated carbocycles. The Morgan fingerprint density at radius 2 is 1.92 bits per heavy atom. The van der Waals surface area contributed by atoms with Crippen LogP contribution in [-0.2, 0) is 17.6 Å². The van der Waals surface area contributed by atoms with Crippen molar-refractivity contribution in [2.45, 2.75) is 39.2 Å². The fourth-order valence-electron chi connectivity index (χ4n) is 4.81. The number of carboxylic acids is 1. The molecule has 1 aromatic heterocycles. The number of amides is 1. The molecule has 0 bridgehead atoms.